The second kappa shape index (κ2) is 15.1. The zero-order valence-corrected chi connectivity index (χ0v) is 35.8. The van der Waals surface area contributed by atoms with Gasteiger partial charge in [-0.15, -0.1) is 29.7 Å². The number of rotatable bonds is 6. The van der Waals surface area contributed by atoms with Gasteiger partial charge in [0.05, 0.1) is 16.7 Å². The molecule has 0 radical (unpaired) electrons. The maximum absolute atomic E-state index is 6.63. The molecule has 0 bridgehead atoms. The maximum Gasteiger partial charge on any atom is 4.00 e. The minimum Gasteiger partial charge on any atom is -0.510 e. The average Bonchev–Trinajstić information content (AvgIpc) is 3.93. The number of imidazole rings is 1. The van der Waals surface area contributed by atoms with Gasteiger partial charge in [0, 0.05) is 34.0 Å². The van der Waals surface area contributed by atoms with Crippen LogP contribution in [-0.4, -0.2) is 14.1 Å². The van der Waals surface area contributed by atoms with E-state index in [9.17, 15) is 0 Å². The Balaban J connectivity index is 0.00000231. The molecule has 11 aromatic rings. The van der Waals surface area contributed by atoms with Gasteiger partial charge in [0.15, 0.2) is 0 Å². The summed E-state index contributed by atoms with van der Waals surface area (Å²) in [5.74, 6) is 1.97. The first-order valence-corrected chi connectivity index (χ1v) is 19.5. The van der Waals surface area contributed by atoms with Gasteiger partial charge in [-0.05, 0) is 81.7 Å². The van der Waals surface area contributed by atoms with Crippen LogP contribution in [0.25, 0.3) is 83.1 Å². The first kappa shape index (κ1) is 38.7. The number of para-hydroxylation sites is 2. The fourth-order valence-corrected chi connectivity index (χ4v) is 8.13. The zero-order valence-electron chi connectivity index (χ0n) is 33.5. The van der Waals surface area contributed by atoms with Crippen LogP contribution >= 0.6 is 0 Å². The molecule has 0 aliphatic heterocycles. The molecule has 7 heteroatoms. The van der Waals surface area contributed by atoms with Crippen LogP contribution in [-0.2, 0) is 26.5 Å². The number of furan rings is 1. The van der Waals surface area contributed by atoms with Crippen LogP contribution in [0, 0.1) is 25.9 Å². The fraction of sp³-hybridized carbons (Fsp3) is 0.0755. The van der Waals surface area contributed by atoms with Gasteiger partial charge in [-0.3, -0.25) is 4.57 Å². The van der Waals surface area contributed by atoms with Crippen molar-refractivity contribution in [1.29, 1.82) is 0 Å². The first-order chi connectivity index (χ1) is 28.4. The van der Waals surface area contributed by atoms with Gasteiger partial charge in [0.1, 0.15) is 17.0 Å². The molecular formula is C53H39N4O2Pt+. The normalized spacial score (nSPS) is 11.7. The number of hydrogen-bond acceptors (Lipinski definition) is 3. The molecule has 0 unspecified atom stereocenters. The van der Waals surface area contributed by atoms with Gasteiger partial charge in [-0.25, -0.2) is 4.98 Å². The van der Waals surface area contributed by atoms with E-state index in [0.717, 1.165) is 83.1 Å². The molecule has 0 saturated carbocycles. The van der Waals surface area contributed by atoms with E-state index in [2.05, 4.69) is 133 Å². The van der Waals surface area contributed by atoms with Crippen LogP contribution in [0.2, 0.25) is 0 Å². The molecule has 0 saturated heterocycles. The fourth-order valence-electron chi connectivity index (χ4n) is 8.13. The Hall–Kier alpha value is -6.75. The van der Waals surface area contributed by atoms with Crippen molar-refractivity contribution in [1.82, 2.24) is 14.1 Å². The summed E-state index contributed by atoms with van der Waals surface area (Å²) in [6, 6.07) is 61.2. The van der Waals surface area contributed by atoms with Crippen LogP contribution < -0.4 is 9.30 Å². The monoisotopic (exact) mass is 958 g/mol. The number of fused-ring (bicyclic) bond motifs is 8. The second-order valence-corrected chi connectivity index (χ2v) is 15.7. The van der Waals surface area contributed by atoms with Crippen LogP contribution in [0.15, 0.2) is 168 Å². The SMILES string of the molecule is CC(C)(C)c1ccnc(-n2c3[c-]c(Oc4[c-]c(-n5[c-][n+](-c6ccccc6)c6c7c(ccc65)oc5ccccc57)ccc4)ccc3c3ccc(-c4ccccc4)cc32)c1.[CH3-].[Pt+4]. The van der Waals surface area contributed by atoms with E-state index < -0.39 is 0 Å². The number of nitrogens with zero attached hydrogens (tertiary/aromatic N) is 4. The second-order valence-electron chi connectivity index (χ2n) is 15.7. The number of benzene rings is 7. The minimum atomic E-state index is -0.0500. The Labute approximate surface area is 363 Å². The number of ether oxygens (including phenoxy) is 1. The van der Waals surface area contributed by atoms with Crippen LogP contribution in [0.1, 0.15) is 26.3 Å². The summed E-state index contributed by atoms with van der Waals surface area (Å²) in [6.45, 7) is 6.68. The third-order valence-electron chi connectivity index (χ3n) is 11.0. The Morgan fingerprint density at radius 2 is 1.38 bits per heavy atom. The van der Waals surface area contributed by atoms with Crippen LogP contribution in [0.3, 0.4) is 0 Å². The van der Waals surface area contributed by atoms with E-state index in [4.69, 9.17) is 14.1 Å². The van der Waals surface area contributed by atoms with E-state index in [1.807, 2.05) is 83.6 Å². The summed E-state index contributed by atoms with van der Waals surface area (Å²) < 4.78 is 19.3. The van der Waals surface area contributed by atoms with Gasteiger partial charge in [0.2, 0.25) is 0 Å². The maximum atomic E-state index is 6.63. The van der Waals surface area contributed by atoms with E-state index in [-0.39, 0.29) is 33.9 Å². The summed E-state index contributed by atoms with van der Waals surface area (Å²) in [5, 5.41) is 4.28. The van der Waals surface area contributed by atoms with E-state index in [1.54, 1.807) is 0 Å². The zero-order chi connectivity index (χ0) is 39.0. The van der Waals surface area contributed by atoms with Gasteiger partial charge >= 0.3 is 21.1 Å². The molecule has 6 nitrogen and oxygen atoms in total. The summed E-state index contributed by atoms with van der Waals surface area (Å²) in [6.07, 6.45) is 5.54. The molecule has 60 heavy (non-hydrogen) atoms. The molecule has 0 spiro atoms. The number of aromatic nitrogens is 4. The smallest absolute Gasteiger partial charge is 0.510 e. The Bertz CT molecular complexity index is 3360. The van der Waals surface area contributed by atoms with Gasteiger partial charge in [-0.1, -0.05) is 105 Å². The predicted octanol–water partition coefficient (Wildman–Crippen LogP) is 12.9. The van der Waals surface area contributed by atoms with Crippen molar-refractivity contribution in [3.8, 4) is 39.8 Å². The van der Waals surface area contributed by atoms with Crippen molar-refractivity contribution in [2.45, 2.75) is 26.2 Å². The minimum absolute atomic E-state index is 0. The Morgan fingerprint density at radius 3 is 2.20 bits per heavy atom. The van der Waals surface area contributed by atoms with Crippen molar-refractivity contribution in [2.75, 3.05) is 0 Å². The summed E-state index contributed by atoms with van der Waals surface area (Å²) in [7, 11) is 0. The molecule has 11 rings (SSSR count). The quantitative estimate of drug-likeness (QED) is 0.123. The first-order valence-electron chi connectivity index (χ1n) is 19.5. The van der Waals surface area contributed by atoms with Crippen molar-refractivity contribution < 1.29 is 34.8 Å². The average molecular weight is 959 g/mol. The molecule has 0 amide bonds. The molecule has 4 heterocycles. The number of pyridine rings is 1. The standard InChI is InChI=1S/C52H36N4O2.CH3.Pt/c1-52(2,3)36-27-28-53-49(30-36)56-45-29-35(34-13-6-4-7-14-34)21-23-41(45)42-24-22-40(32-46(42)56)57-39-18-12-17-38(31-39)54-33-55(37-15-8-5-9-16-37)51-44(54)25-26-48-50(51)43-19-10-11-20-47(43)58-48;;/h4-30H,1-3H3;1H3;/q-2;-1;+4. The molecule has 0 N–H and O–H groups in total. The van der Waals surface area contributed by atoms with Gasteiger partial charge < -0.3 is 25.7 Å². The Morgan fingerprint density at radius 1 is 0.633 bits per heavy atom. The summed E-state index contributed by atoms with van der Waals surface area (Å²) in [5.41, 5.74) is 10.8. The van der Waals surface area contributed by atoms with E-state index in [0.29, 0.717) is 11.5 Å². The molecule has 0 aliphatic carbocycles. The molecule has 0 fully saturated rings. The molecular weight excluding hydrogens is 920 g/mol. The largest absolute Gasteiger partial charge is 4.00 e. The third-order valence-corrected chi connectivity index (χ3v) is 11.0. The van der Waals surface area contributed by atoms with Crippen LogP contribution in [0.4, 0.5) is 0 Å². The predicted molar refractivity (Wildman–Crippen MR) is 238 cm³/mol. The van der Waals surface area contributed by atoms with Gasteiger partial charge in [0.25, 0.3) is 6.33 Å². The molecule has 292 valence electrons. The molecule has 7 aromatic carbocycles. The van der Waals surface area contributed by atoms with Crippen molar-refractivity contribution in [3.63, 3.8) is 0 Å². The van der Waals surface area contributed by atoms with Crippen LogP contribution in [0.5, 0.6) is 11.5 Å². The molecule has 0 aliphatic rings. The summed E-state index contributed by atoms with van der Waals surface area (Å²) in [4.78, 5) is 4.92. The van der Waals surface area contributed by atoms with Crippen molar-refractivity contribution in [3.05, 3.63) is 195 Å². The molecule has 0 atom stereocenters. The Kier molecular flexibility index (Phi) is 9.77. The van der Waals surface area contributed by atoms with Crippen molar-refractivity contribution >= 4 is 54.8 Å². The third kappa shape index (κ3) is 6.49. The van der Waals surface area contributed by atoms with Gasteiger partial charge in [-0.2, -0.15) is 18.2 Å². The summed E-state index contributed by atoms with van der Waals surface area (Å²) >= 11 is 0. The van der Waals surface area contributed by atoms with E-state index >= 15 is 0 Å². The molecule has 4 aromatic heterocycles. The van der Waals surface area contributed by atoms with E-state index in [1.165, 1.54) is 5.56 Å². The number of hydrogen-bond donors (Lipinski definition) is 0. The van der Waals surface area contributed by atoms with Crippen molar-refractivity contribution in [2.24, 2.45) is 0 Å². The topological polar surface area (TPSA) is 49.0 Å².